The van der Waals surface area contributed by atoms with Crippen molar-refractivity contribution in [2.45, 2.75) is 141 Å². The Labute approximate surface area is 564 Å². The minimum atomic E-state index is -7.00. The summed E-state index contributed by atoms with van der Waals surface area (Å²) in [7, 11) is 12.3. The van der Waals surface area contributed by atoms with E-state index in [1.807, 2.05) is 4.93 Å². The second-order valence-electron chi connectivity index (χ2n) is 19.2. The Kier molecular flexibility index (Phi) is 44.4. The number of amides is 2. The number of nitrogens with one attached hydrogen (secondary N) is 2. The van der Waals surface area contributed by atoms with Crippen LogP contribution in [0.4, 0.5) is 176 Å². The predicted molar refractivity (Wildman–Crippen MR) is 255 cm³/mol. The summed E-state index contributed by atoms with van der Waals surface area (Å²) in [5, 5.41) is 8.11. The van der Waals surface area contributed by atoms with Gasteiger partial charge in [0.2, 0.25) is 18.3 Å². The van der Waals surface area contributed by atoms with Gasteiger partial charge in [0.15, 0.2) is 0 Å². The lowest BCUT2D eigenvalue weighted by Gasteiger charge is -2.31. The molecule has 5 N–H and O–H groups in total. The summed E-state index contributed by atoms with van der Waals surface area (Å²) in [5.74, 6) is -35.7. The van der Waals surface area contributed by atoms with E-state index in [0.717, 1.165) is 19.5 Å². The second-order valence-corrected chi connectivity index (χ2v) is 19.6. The summed E-state index contributed by atoms with van der Waals surface area (Å²) in [5.41, 5.74) is 5.25. The fourth-order valence-corrected chi connectivity index (χ4v) is 4.72. The molecular weight excluding hydrogens is 1770 g/mol. The van der Waals surface area contributed by atoms with E-state index in [2.05, 4.69) is 72.1 Å². The Bertz CT molecular complexity index is 2300. The van der Waals surface area contributed by atoms with Gasteiger partial charge in [0, 0.05) is 19.5 Å². The molecule has 0 spiro atoms. The lowest BCUT2D eigenvalue weighted by Crippen LogP contribution is -3.00. The highest BCUT2D eigenvalue weighted by Gasteiger charge is 2.80. The number of carboxylic acids is 1. The average molecular weight is 1820 g/mol. The van der Waals surface area contributed by atoms with Gasteiger partial charge in [0.25, 0.3) is 23.2 Å². The molecule has 0 aromatic rings. The second kappa shape index (κ2) is 40.3. The standard InChI is InChI=1S/C12H16F10N2O2.C11H14F10N2O2.C6HClF10O2.C6H2F10O3.C5H14N2.CH3I.HI/c1-24(2,3)6-4-5-23-8(25)7(9(13,14)15)26-12(21,22)10(16,17)11(18,19)20;1-23(2)5-3-4-22-7(24)6(8(12,13)14)25-11(20,21)9(15,16)10(17,18)19;7-2(18)1(3(8,9)10)19-6(16,17)4(11,12)5(13,14)15;7-3(8,9)1(2(17)18)19-6(15,16)4(10,11)5(12,13)14;1-7(2)5-3-4-6;1-2;/h7H,4-6H2,1-3H3;6H,3-5H2,1-2H3,(H,22,24);1H;1H,(H,17,18);3-6H2,1-2H3;1H3;1H. The monoisotopic (exact) mass is 1820 g/mol. The molecule has 0 radical (unpaired) electrons. The molecule has 0 aliphatic rings. The summed E-state index contributed by atoms with van der Waals surface area (Å²) in [6.07, 6.45) is -94.3. The molecule has 4 unspecified atom stereocenters. The summed E-state index contributed by atoms with van der Waals surface area (Å²) in [6, 6.07) is 0. The number of nitrogens with two attached hydrogens (primary N) is 1. The molecule has 0 aromatic heterocycles. The van der Waals surface area contributed by atoms with Crippen LogP contribution >= 0.6 is 34.2 Å². The Morgan fingerprint density at radius 3 is 0.798 bits per heavy atom. The number of alkyl halides is 41. The van der Waals surface area contributed by atoms with E-state index in [1.54, 1.807) is 40.1 Å². The summed E-state index contributed by atoms with van der Waals surface area (Å²) in [6.45, 7) is 1.56. The number of carbonyl (C=O) groups excluding carboxylic acids is 3. The molecule has 0 saturated carbocycles. The molecule has 4 atom stereocenters. The van der Waals surface area contributed by atoms with Crippen LogP contribution in [0.15, 0.2) is 0 Å². The smallest absolute Gasteiger partial charge is 0.462 e. The Morgan fingerprint density at radius 2 is 0.626 bits per heavy atom. The van der Waals surface area contributed by atoms with E-state index < -0.39 is 158 Å². The van der Waals surface area contributed by atoms with Crippen LogP contribution in [0.5, 0.6) is 0 Å². The van der Waals surface area contributed by atoms with Crippen LogP contribution < -0.4 is 40.3 Å². The molecule has 0 fully saturated rings. The number of nitrogens with zero attached hydrogens (tertiary/aromatic N) is 3. The molecule has 0 aliphatic carbocycles. The highest BCUT2D eigenvalue weighted by molar-refractivity contribution is 14.1. The SMILES string of the molecule is CI.CN(C)CCCN.CN(C)CCCNC(=O)C(OC(F)(F)C(F)(F)C(F)(F)F)C(F)(F)F.C[N+](C)(C)CCCNC(=O)C(OC(F)(F)C(F)(F)C(F)(F)F)C(F)(F)F.O=C(Cl)C(OC(F)(F)C(F)(F)C(F)(F)F)C(F)(F)F.O=C(O)C(OC(F)(F)C(F)(F)C(F)(F)F)C(F)(F)F.[I-]. The number of halogens is 43. The molecule has 600 valence electrons. The first kappa shape index (κ1) is 109. The van der Waals surface area contributed by atoms with Gasteiger partial charge in [-0.15, -0.1) is 0 Å². The average Bonchev–Trinajstić information content (AvgIpc) is 0.790. The van der Waals surface area contributed by atoms with E-state index in [-0.39, 0.29) is 43.4 Å². The molecule has 0 aliphatic heterocycles. The molecule has 0 heterocycles. The third kappa shape index (κ3) is 37.3. The largest absolute Gasteiger partial charge is 1.00 e. The van der Waals surface area contributed by atoms with Crippen molar-refractivity contribution >= 4 is 57.2 Å². The summed E-state index contributed by atoms with van der Waals surface area (Å²) >= 11 is 6.31. The topological polar surface area (TPSA) is 182 Å². The van der Waals surface area contributed by atoms with Gasteiger partial charge in [0.1, 0.15) is 0 Å². The normalized spacial score (nSPS) is 15.1. The van der Waals surface area contributed by atoms with E-state index in [9.17, 15) is 195 Å². The van der Waals surface area contributed by atoms with E-state index in [1.165, 1.54) is 10.6 Å². The number of ether oxygens (including phenoxy) is 4. The molecule has 0 aromatic carbocycles. The van der Waals surface area contributed by atoms with Crippen LogP contribution in [-0.2, 0) is 38.1 Å². The van der Waals surface area contributed by atoms with Crippen molar-refractivity contribution in [2.24, 2.45) is 5.73 Å². The lowest BCUT2D eigenvalue weighted by atomic mass is 10.2. The highest BCUT2D eigenvalue weighted by atomic mass is 127. The Hall–Kier alpha value is -3.29. The van der Waals surface area contributed by atoms with Crippen LogP contribution in [0.25, 0.3) is 0 Å². The fraction of sp³-hybridized carbons (Fsp3) is 0.902. The van der Waals surface area contributed by atoms with Gasteiger partial charge < -0.3 is 59.7 Å². The first-order valence-corrected chi connectivity index (χ1v) is 26.5. The molecule has 58 heteroatoms. The van der Waals surface area contributed by atoms with Crippen molar-refractivity contribution in [3.63, 3.8) is 0 Å². The molecular formula is C41H51ClF40I2N6O9. The zero-order valence-corrected chi connectivity index (χ0v) is 54.6. The van der Waals surface area contributed by atoms with Gasteiger partial charge in [-0.1, -0.05) is 22.6 Å². The van der Waals surface area contributed by atoms with E-state index in [4.69, 9.17) is 10.8 Å². The summed E-state index contributed by atoms with van der Waals surface area (Å²) < 4.78 is 498. The van der Waals surface area contributed by atoms with Crippen molar-refractivity contribution in [1.29, 1.82) is 0 Å². The van der Waals surface area contributed by atoms with Gasteiger partial charge in [-0.3, -0.25) is 33.3 Å². The quantitative estimate of drug-likeness (QED) is 0.0153. The van der Waals surface area contributed by atoms with Crippen molar-refractivity contribution in [1.82, 2.24) is 20.4 Å². The first-order chi connectivity index (χ1) is 42.5. The Morgan fingerprint density at radius 1 is 0.414 bits per heavy atom. The maximum atomic E-state index is 13.0. The van der Waals surface area contributed by atoms with E-state index >= 15 is 0 Å². The van der Waals surface area contributed by atoms with Gasteiger partial charge in [-0.05, 0) is 77.2 Å². The maximum Gasteiger partial charge on any atom is 0.462 e. The van der Waals surface area contributed by atoms with Gasteiger partial charge >= 0.3 is 104 Å². The van der Waals surface area contributed by atoms with Crippen molar-refractivity contribution in [2.75, 3.05) is 93.5 Å². The summed E-state index contributed by atoms with van der Waals surface area (Å²) in [4.78, 5) is 48.3. The predicted octanol–water partition coefficient (Wildman–Crippen LogP) is 9.98. The molecule has 15 nitrogen and oxygen atoms in total. The molecule has 99 heavy (non-hydrogen) atoms. The number of carbonyl (C=O) groups is 4. The zero-order valence-electron chi connectivity index (χ0n) is 49.6. The van der Waals surface area contributed by atoms with Crippen LogP contribution in [0.3, 0.4) is 0 Å². The fourth-order valence-electron chi connectivity index (χ4n) is 4.55. The van der Waals surface area contributed by atoms with Crippen molar-refractivity contribution in [3.05, 3.63) is 0 Å². The highest BCUT2D eigenvalue weighted by Crippen LogP contribution is 2.52. The molecule has 0 bridgehead atoms. The minimum Gasteiger partial charge on any atom is -1.00 e. The van der Waals surface area contributed by atoms with Crippen LogP contribution in [0.2, 0.25) is 0 Å². The van der Waals surface area contributed by atoms with E-state index in [0.29, 0.717) is 11.0 Å². The number of hydrogen-bond acceptors (Lipinski definition) is 11. The van der Waals surface area contributed by atoms with Crippen LogP contribution in [0.1, 0.15) is 19.3 Å². The number of rotatable bonds is 27. The third-order valence-electron chi connectivity index (χ3n) is 9.24. The minimum absolute atomic E-state index is 0. The molecule has 0 saturated heterocycles. The maximum absolute atomic E-state index is 13.0. The number of carboxylic acid groups (broad SMARTS) is 1. The lowest BCUT2D eigenvalue weighted by molar-refractivity contribution is -0.870. The van der Waals surface area contributed by atoms with Crippen molar-refractivity contribution in [3.8, 4) is 0 Å². The van der Waals surface area contributed by atoms with Gasteiger partial charge in [0.05, 0.1) is 27.7 Å². The number of hydrogen-bond donors (Lipinski definition) is 4. The molecule has 2 amide bonds. The molecule has 0 rings (SSSR count). The third-order valence-corrected chi connectivity index (χ3v) is 9.44. The Balaban J connectivity index is -0.000000219. The first-order valence-electron chi connectivity index (χ1n) is 23.9. The number of aliphatic carboxylic acids is 1. The zero-order chi connectivity index (χ0) is 80.9. The van der Waals surface area contributed by atoms with Crippen LogP contribution in [0, 0.1) is 0 Å². The van der Waals surface area contributed by atoms with Crippen LogP contribution in [-0.4, -0.2) is 258 Å². The number of quaternary nitrogens is 1. The van der Waals surface area contributed by atoms with Gasteiger partial charge in [-0.2, -0.15) is 176 Å². The van der Waals surface area contributed by atoms with Gasteiger partial charge in [-0.25, -0.2) is 4.79 Å². The van der Waals surface area contributed by atoms with Crippen molar-refractivity contribution < 1.29 is 247 Å².